The zero-order chi connectivity index (χ0) is 22.1. The number of nitriles is 1. The van der Waals surface area contributed by atoms with Crippen LogP contribution in [0.25, 0.3) is 22.0 Å². The first-order valence-electron chi connectivity index (χ1n) is 9.60. The maximum absolute atomic E-state index is 14.6. The van der Waals surface area contributed by atoms with E-state index in [0.717, 1.165) is 5.56 Å². The summed E-state index contributed by atoms with van der Waals surface area (Å²) in [5.74, 6) is -0.973. The summed E-state index contributed by atoms with van der Waals surface area (Å²) in [5.41, 5.74) is 3.50. The third-order valence-corrected chi connectivity index (χ3v) is 4.97. The Bertz CT molecular complexity index is 1480. The third kappa shape index (κ3) is 3.59. The van der Waals surface area contributed by atoms with Crippen LogP contribution in [-0.4, -0.2) is 36.1 Å². The monoisotopic (exact) mass is 426 g/mol. The van der Waals surface area contributed by atoms with Crippen LogP contribution in [0.5, 0.6) is 0 Å². The Morgan fingerprint density at radius 1 is 1.25 bits per heavy atom. The molecule has 3 aromatic heterocycles. The fourth-order valence-corrected chi connectivity index (χ4v) is 3.46. The average molecular weight is 426 g/mol. The van der Waals surface area contributed by atoms with E-state index >= 15 is 0 Å². The van der Waals surface area contributed by atoms with Crippen molar-refractivity contribution >= 4 is 22.5 Å². The largest absolute Gasteiger partial charge is 0.318 e. The van der Waals surface area contributed by atoms with Crippen LogP contribution in [0.2, 0.25) is 0 Å². The second-order valence-corrected chi connectivity index (χ2v) is 7.13. The van der Waals surface area contributed by atoms with Gasteiger partial charge in [-0.3, -0.25) is 19.7 Å². The van der Waals surface area contributed by atoms with Crippen molar-refractivity contribution < 1.29 is 9.18 Å². The van der Waals surface area contributed by atoms with E-state index in [1.54, 1.807) is 41.3 Å². The number of benzene rings is 2. The lowest BCUT2D eigenvalue weighted by Crippen LogP contribution is -2.12. The summed E-state index contributed by atoms with van der Waals surface area (Å²) < 4.78 is 16.3. The first-order chi connectivity index (χ1) is 15.6. The molecule has 0 aliphatic heterocycles. The van der Waals surface area contributed by atoms with Gasteiger partial charge < -0.3 is 5.32 Å². The molecule has 0 saturated carbocycles. The topological polar surface area (TPSA) is 128 Å². The molecule has 2 aromatic carbocycles. The van der Waals surface area contributed by atoms with Crippen molar-refractivity contribution in [3.63, 3.8) is 0 Å². The van der Waals surface area contributed by atoms with Gasteiger partial charge in [-0.05, 0) is 29.8 Å². The summed E-state index contributed by atoms with van der Waals surface area (Å²) in [4.78, 5) is 12.8. The van der Waals surface area contributed by atoms with Gasteiger partial charge in [0.15, 0.2) is 5.69 Å². The molecule has 0 aliphatic rings. The van der Waals surface area contributed by atoms with Gasteiger partial charge in [0.25, 0.3) is 5.91 Å². The average Bonchev–Trinajstić information content (AvgIpc) is 3.54. The molecule has 0 spiro atoms. The summed E-state index contributed by atoms with van der Waals surface area (Å²) in [6.07, 6.45) is 6.28. The molecule has 1 amide bonds. The maximum Gasteiger partial charge on any atom is 0.276 e. The minimum atomic E-state index is -0.488. The molecule has 9 nitrogen and oxygen atoms in total. The van der Waals surface area contributed by atoms with Gasteiger partial charge in [-0.15, -0.1) is 0 Å². The minimum absolute atomic E-state index is 0.0760. The molecule has 32 heavy (non-hydrogen) atoms. The summed E-state index contributed by atoms with van der Waals surface area (Å²) in [6, 6.07) is 12.2. The lowest BCUT2D eigenvalue weighted by molar-refractivity contribution is 0.102. The highest BCUT2D eigenvalue weighted by Gasteiger charge is 2.18. The predicted molar refractivity (Wildman–Crippen MR) is 114 cm³/mol. The molecule has 156 valence electrons. The Morgan fingerprint density at radius 3 is 2.97 bits per heavy atom. The molecule has 5 aromatic rings. The van der Waals surface area contributed by atoms with Crippen molar-refractivity contribution in [1.29, 1.82) is 5.26 Å². The van der Waals surface area contributed by atoms with Crippen molar-refractivity contribution in [2.24, 2.45) is 0 Å². The number of hydrogen-bond acceptors (Lipinski definition) is 5. The standard InChI is InChI=1S/C22H15FN8O/c23-19-5-18-20(6-17(19)15-8-25-26-9-15)29-30-21(18)22(32)28-16-10-27-31(12-16)11-14-3-1-2-13(4-14)7-24/h1-6,8-10,12H,11H2,(H,25,26)(H,28,32)(H,29,30). The number of carbonyl (C=O) groups excluding carboxylic acids is 1. The predicted octanol–water partition coefficient (Wildman–Crippen LogP) is 3.46. The number of halogens is 1. The highest BCUT2D eigenvalue weighted by molar-refractivity contribution is 6.11. The molecular weight excluding hydrogens is 411 g/mol. The fourth-order valence-electron chi connectivity index (χ4n) is 3.46. The molecule has 0 saturated heterocycles. The lowest BCUT2D eigenvalue weighted by Gasteiger charge is -2.03. The Morgan fingerprint density at radius 2 is 2.16 bits per heavy atom. The van der Waals surface area contributed by atoms with Crippen LogP contribution in [-0.2, 0) is 6.54 Å². The van der Waals surface area contributed by atoms with Crippen LogP contribution >= 0.6 is 0 Å². The molecule has 0 unspecified atom stereocenters. The lowest BCUT2D eigenvalue weighted by atomic mass is 10.1. The zero-order valence-electron chi connectivity index (χ0n) is 16.5. The van der Waals surface area contributed by atoms with E-state index in [2.05, 4.69) is 36.9 Å². The van der Waals surface area contributed by atoms with Gasteiger partial charge >= 0.3 is 0 Å². The van der Waals surface area contributed by atoms with Crippen LogP contribution in [0.1, 0.15) is 21.6 Å². The second-order valence-electron chi connectivity index (χ2n) is 7.13. The smallest absolute Gasteiger partial charge is 0.276 e. The normalized spacial score (nSPS) is 10.9. The molecule has 10 heteroatoms. The number of H-pyrrole nitrogens is 2. The molecule has 0 fully saturated rings. The Hall–Kier alpha value is -4.78. The molecule has 0 aliphatic carbocycles. The number of nitrogens with zero attached hydrogens (tertiary/aromatic N) is 5. The third-order valence-electron chi connectivity index (χ3n) is 4.97. The van der Waals surface area contributed by atoms with Crippen molar-refractivity contribution in [2.75, 3.05) is 5.32 Å². The fraction of sp³-hybridized carbons (Fsp3) is 0.0455. The number of aromatic amines is 2. The Kier molecular flexibility index (Phi) is 4.68. The van der Waals surface area contributed by atoms with Crippen molar-refractivity contribution in [2.45, 2.75) is 6.54 Å². The van der Waals surface area contributed by atoms with E-state index in [1.165, 1.54) is 18.5 Å². The number of nitrogens with one attached hydrogen (secondary N) is 3. The van der Waals surface area contributed by atoms with E-state index in [4.69, 9.17) is 5.26 Å². The van der Waals surface area contributed by atoms with E-state index in [0.29, 0.717) is 39.8 Å². The summed E-state index contributed by atoms with van der Waals surface area (Å²) in [7, 11) is 0. The number of aromatic nitrogens is 6. The van der Waals surface area contributed by atoms with Gasteiger partial charge in [-0.25, -0.2) is 4.39 Å². The Balaban J connectivity index is 1.35. The number of amides is 1. The van der Waals surface area contributed by atoms with Gasteiger partial charge in [0.2, 0.25) is 0 Å². The van der Waals surface area contributed by atoms with Crippen molar-refractivity contribution in [3.8, 4) is 17.2 Å². The van der Waals surface area contributed by atoms with Gasteiger partial charge in [0, 0.05) is 28.9 Å². The summed E-state index contributed by atoms with van der Waals surface area (Å²) >= 11 is 0. The molecule has 0 atom stereocenters. The van der Waals surface area contributed by atoms with Gasteiger partial charge in [0.1, 0.15) is 5.82 Å². The first-order valence-corrected chi connectivity index (χ1v) is 9.60. The van der Waals surface area contributed by atoms with Gasteiger partial charge in [-0.2, -0.15) is 20.6 Å². The highest BCUT2D eigenvalue weighted by atomic mass is 19.1. The number of hydrogen-bond donors (Lipinski definition) is 3. The summed E-state index contributed by atoms with van der Waals surface area (Å²) in [5, 5.41) is 29.7. The van der Waals surface area contributed by atoms with Gasteiger partial charge in [-0.1, -0.05) is 12.1 Å². The highest BCUT2D eigenvalue weighted by Crippen LogP contribution is 2.28. The number of fused-ring (bicyclic) bond motifs is 1. The number of anilines is 1. The van der Waals surface area contributed by atoms with Crippen LogP contribution in [0.3, 0.4) is 0 Å². The van der Waals surface area contributed by atoms with Crippen molar-refractivity contribution in [3.05, 3.63) is 83.8 Å². The molecular formula is C22H15FN8O. The quantitative estimate of drug-likeness (QED) is 0.396. The zero-order valence-corrected chi connectivity index (χ0v) is 16.5. The number of rotatable bonds is 5. The first kappa shape index (κ1) is 19.2. The molecule has 0 bridgehead atoms. The van der Waals surface area contributed by atoms with Crippen LogP contribution in [0.4, 0.5) is 10.1 Å². The summed E-state index contributed by atoms with van der Waals surface area (Å²) in [6.45, 7) is 0.443. The second kappa shape index (κ2) is 7.81. The van der Waals surface area contributed by atoms with Crippen LogP contribution in [0, 0.1) is 17.1 Å². The molecule has 5 rings (SSSR count). The molecule has 0 radical (unpaired) electrons. The number of carbonyl (C=O) groups is 1. The van der Waals surface area contributed by atoms with E-state index in [-0.39, 0.29) is 5.69 Å². The molecule has 3 N–H and O–H groups in total. The van der Waals surface area contributed by atoms with E-state index in [1.807, 2.05) is 6.07 Å². The van der Waals surface area contributed by atoms with E-state index in [9.17, 15) is 9.18 Å². The van der Waals surface area contributed by atoms with Crippen LogP contribution in [0.15, 0.2) is 61.2 Å². The van der Waals surface area contributed by atoms with Crippen LogP contribution < -0.4 is 5.32 Å². The van der Waals surface area contributed by atoms with Crippen molar-refractivity contribution in [1.82, 2.24) is 30.2 Å². The van der Waals surface area contributed by atoms with E-state index < -0.39 is 11.7 Å². The molecule has 3 heterocycles. The SMILES string of the molecule is N#Cc1cccc(Cn2cc(NC(=O)c3n[nH]c4cc(-c5cn[nH]c5)c(F)cc34)cn2)c1. The maximum atomic E-state index is 14.6. The Labute approximate surface area is 180 Å². The van der Waals surface area contributed by atoms with Gasteiger partial charge in [0.05, 0.1) is 41.8 Å². The minimum Gasteiger partial charge on any atom is -0.318 e.